The monoisotopic (exact) mass is 324 g/mol. The summed E-state index contributed by atoms with van der Waals surface area (Å²) in [6.45, 7) is 5.44. The molecule has 0 radical (unpaired) electrons. The third kappa shape index (κ3) is 2.69. The largest absolute Gasteiger partial charge is 0.364 e. The first-order valence-corrected chi connectivity index (χ1v) is 7.28. The Balaban J connectivity index is 1.96. The van der Waals surface area contributed by atoms with Gasteiger partial charge >= 0.3 is 0 Å². The van der Waals surface area contributed by atoms with Gasteiger partial charge in [-0.25, -0.2) is 9.97 Å². The maximum atomic E-state index is 12.5. The number of benzene rings is 1. The van der Waals surface area contributed by atoms with Gasteiger partial charge in [0.05, 0.1) is 33.8 Å². The van der Waals surface area contributed by atoms with Crippen molar-refractivity contribution in [3.8, 4) is 0 Å². The molecule has 0 aliphatic heterocycles. The number of nitrogens with zero attached hydrogens (tertiary/aromatic N) is 3. The number of aryl methyl sites for hydroxylation is 3. The van der Waals surface area contributed by atoms with Gasteiger partial charge in [0, 0.05) is 5.56 Å². The Labute approximate surface area is 137 Å². The average Bonchev–Trinajstić information content (AvgIpc) is 2.89. The van der Waals surface area contributed by atoms with Crippen molar-refractivity contribution >= 4 is 28.5 Å². The Morgan fingerprint density at radius 2 is 1.75 bits per heavy atom. The molecule has 0 unspecified atom stereocenters. The van der Waals surface area contributed by atoms with E-state index in [2.05, 4.69) is 25.5 Å². The zero-order valence-electron chi connectivity index (χ0n) is 13.5. The zero-order valence-corrected chi connectivity index (χ0v) is 13.5. The van der Waals surface area contributed by atoms with Gasteiger partial charge in [0.25, 0.3) is 11.8 Å². The van der Waals surface area contributed by atoms with Crippen LogP contribution in [0.4, 0.5) is 5.69 Å². The van der Waals surface area contributed by atoms with Gasteiger partial charge in [0.15, 0.2) is 5.69 Å². The molecular weight excluding hydrogens is 308 g/mol. The number of amides is 2. The van der Waals surface area contributed by atoms with Crippen LogP contribution >= 0.6 is 0 Å². The van der Waals surface area contributed by atoms with Crippen LogP contribution in [-0.2, 0) is 0 Å². The second-order valence-corrected chi connectivity index (χ2v) is 5.49. The number of nitrogens with two attached hydrogens (primary N) is 1. The lowest BCUT2D eigenvalue weighted by molar-refractivity contribution is 0.0996. The number of fused-ring (bicyclic) bond motifs is 1. The van der Waals surface area contributed by atoms with Crippen molar-refractivity contribution in [2.45, 2.75) is 20.8 Å². The molecule has 2 amide bonds. The number of hydrogen-bond acceptors (Lipinski definition) is 5. The molecule has 2 aromatic heterocycles. The van der Waals surface area contributed by atoms with Crippen LogP contribution in [0.15, 0.2) is 18.2 Å². The quantitative estimate of drug-likeness (QED) is 0.675. The third-order valence-electron chi connectivity index (χ3n) is 3.76. The van der Waals surface area contributed by atoms with Crippen LogP contribution in [0.5, 0.6) is 0 Å². The molecule has 8 heteroatoms. The van der Waals surface area contributed by atoms with E-state index in [0.29, 0.717) is 22.3 Å². The number of rotatable bonds is 3. The zero-order chi connectivity index (χ0) is 17.4. The van der Waals surface area contributed by atoms with Crippen LogP contribution in [0.3, 0.4) is 0 Å². The topological polar surface area (TPSA) is 127 Å². The van der Waals surface area contributed by atoms with Crippen molar-refractivity contribution < 1.29 is 9.59 Å². The summed E-state index contributed by atoms with van der Waals surface area (Å²) in [4.78, 5) is 32.7. The molecule has 0 aliphatic rings. The fraction of sp³-hybridized carbons (Fsp3) is 0.188. The third-order valence-corrected chi connectivity index (χ3v) is 3.76. The van der Waals surface area contributed by atoms with E-state index < -0.39 is 5.91 Å². The van der Waals surface area contributed by atoms with Gasteiger partial charge in [-0.2, -0.15) is 5.10 Å². The van der Waals surface area contributed by atoms with E-state index in [-0.39, 0.29) is 17.3 Å². The first kappa shape index (κ1) is 15.6. The maximum absolute atomic E-state index is 12.5. The summed E-state index contributed by atoms with van der Waals surface area (Å²) in [5.41, 5.74) is 9.47. The minimum atomic E-state index is -0.717. The SMILES string of the molecule is Cc1nc2ccc(C(=O)Nc3c(C(N)=O)n[nH]c3C)cc2nc1C. The maximum Gasteiger partial charge on any atom is 0.271 e. The molecule has 1 aromatic carbocycles. The predicted molar refractivity (Wildman–Crippen MR) is 88.8 cm³/mol. The number of carbonyl (C=O) groups excluding carboxylic acids is 2. The highest BCUT2D eigenvalue weighted by Crippen LogP contribution is 2.19. The summed E-state index contributed by atoms with van der Waals surface area (Å²) in [7, 11) is 0. The minimum absolute atomic E-state index is 0.00657. The molecule has 2 heterocycles. The van der Waals surface area contributed by atoms with Gasteiger partial charge in [0.1, 0.15) is 0 Å². The summed E-state index contributed by atoms with van der Waals surface area (Å²) in [6, 6.07) is 5.05. The Bertz CT molecular complexity index is 976. The number of primary amides is 1. The highest BCUT2D eigenvalue weighted by molar-refractivity contribution is 6.09. The molecule has 0 saturated carbocycles. The van der Waals surface area contributed by atoms with Crippen LogP contribution in [0.25, 0.3) is 11.0 Å². The fourth-order valence-corrected chi connectivity index (χ4v) is 2.32. The normalized spacial score (nSPS) is 10.8. The Morgan fingerprint density at radius 3 is 2.42 bits per heavy atom. The summed E-state index contributed by atoms with van der Waals surface area (Å²) in [5.74, 6) is -1.10. The van der Waals surface area contributed by atoms with E-state index >= 15 is 0 Å². The molecule has 3 aromatic rings. The van der Waals surface area contributed by atoms with Crippen molar-refractivity contribution in [2.75, 3.05) is 5.32 Å². The fourth-order valence-electron chi connectivity index (χ4n) is 2.32. The van der Waals surface area contributed by atoms with Gasteiger partial charge < -0.3 is 11.1 Å². The number of hydrogen-bond donors (Lipinski definition) is 3. The molecule has 0 bridgehead atoms. The van der Waals surface area contributed by atoms with Gasteiger partial charge in [-0.3, -0.25) is 14.7 Å². The molecule has 0 saturated heterocycles. The molecule has 0 spiro atoms. The van der Waals surface area contributed by atoms with E-state index in [0.717, 1.165) is 11.4 Å². The minimum Gasteiger partial charge on any atom is -0.364 e. The highest BCUT2D eigenvalue weighted by Gasteiger charge is 2.18. The molecular formula is C16H16N6O2. The summed E-state index contributed by atoms with van der Waals surface area (Å²) >= 11 is 0. The molecule has 4 N–H and O–H groups in total. The van der Waals surface area contributed by atoms with Crippen molar-refractivity contribution in [3.63, 3.8) is 0 Å². The molecule has 8 nitrogen and oxygen atoms in total. The lowest BCUT2D eigenvalue weighted by Crippen LogP contribution is -2.18. The van der Waals surface area contributed by atoms with Gasteiger partial charge in [-0.05, 0) is 39.0 Å². The number of aromatic nitrogens is 4. The van der Waals surface area contributed by atoms with Crippen LogP contribution in [0.2, 0.25) is 0 Å². The van der Waals surface area contributed by atoms with Crippen LogP contribution in [0, 0.1) is 20.8 Å². The molecule has 0 atom stereocenters. The Kier molecular flexibility index (Phi) is 3.72. The van der Waals surface area contributed by atoms with Crippen LogP contribution < -0.4 is 11.1 Å². The molecule has 3 rings (SSSR count). The van der Waals surface area contributed by atoms with E-state index in [1.165, 1.54) is 0 Å². The second-order valence-electron chi connectivity index (χ2n) is 5.49. The second kappa shape index (κ2) is 5.73. The van der Waals surface area contributed by atoms with Gasteiger partial charge in [-0.15, -0.1) is 0 Å². The smallest absolute Gasteiger partial charge is 0.271 e. The van der Waals surface area contributed by atoms with Crippen molar-refractivity contribution in [1.29, 1.82) is 0 Å². The van der Waals surface area contributed by atoms with Crippen LogP contribution in [-0.4, -0.2) is 32.0 Å². The molecule has 24 heavy (non-hydrogen) atoms. The van der Waals surface area contributed by atoms with Crippen LogP contribution in [0.1, 0.15) is 37.9 Å². The Morgan fingerprint density at radius 1 is 1.08 bits per heavy atom. The standard InChI is InChI=1S/C16H16N6O2/c1-7-8(2)19-12-6-10(4-5-11(12)18-7)16(24)20-13-9(3)21-22-14(13)15(17)23/h4-6H,1-3H3,(H2,17,23)(H,20,24)(H,21,22). The van der Waals surface area contributed by atoms with Gasteiger partial charge in [0.2, 0.25) is 0 Å². The average molecular weight is 324 g/mol. The molecule has 122 valence electrons. The first-order valence-electron chi connectivity index (χ1n) is 7.28. The first-order chi connectivity index (χ1) is 11.4. The lowest BCUT2D eigenvalue weighted by Gasteiger charge is -2.07. The summed E-state index contributed by atoms with van der Waals surface area (Å²) in [5, 5.41) is 9.09. The van der Waals surface area contributed by atoms with Gasteiger partial charge in [-0.1, -0.05) is 0 Å². The number of H-pyrrole nitrogens is 1. The van der Waals surface area contributed by atoms with E-state index in [1.807, 2.05) is 13.8 Å². The van der Waals surface area contributed by atoms with E-state index in [9.17, 15) is 9.59 Å². The van der Waals surface area contributed by atoms with Crippen molar-refractivity contribution in [2.24, 2.45) is 5.73 Å². The highest BCUT2D eigenvalue weighted by atomic mass is 16.2. The summed E-state index contributed by atoms with van der Waals surface area (Å²) in [6.07, 6.45) is 0. The lowest BCUT2D eigenvalue weighted by atomic mass is 10.1. The number of carbonyl (C=O) groups is 2. The molecule has 0 fully saturated rings. The van der Waals surface area contributed by atoms with E-state index in [4.69, 9.17) is 5.73 Å². The number of nitrogens with one attached hydrogen (secondary N) is 2. The summed E-state index contributed by atoms with van der Waals surface area (Å²) < 4.78 is 0. The number of anilines is 1. The van der Waals surface area contributed by atoms with Crippen molar-refractivity contribution in [3.05, 3.63) is 46.5 Å². The molecule has 0 aliphatic carbocycles. The van der Waals surface area contributed by atoms with E-state index in [1.54, 1.807) is 25.1 Å². The predicted octanol–water partition coefficient (Wildman–Crippen LogP) is 1.63. The number of aromatic amines is 1. The van der Waals surface area contributed by atoms with Crippen molar-refractivity contribution in [1.82, 2.24) is 20.2 Å². The Hall–Kier alpha value is -3.29.